The van der Waals surface area contributed by atoms with Crippen molar-refractivity contribution < 1.29 is 28.5 Å². The molecule has 0 saturated heterocycles. The first kappa shape index (κ1) is 22.6. The molecule has 0 fully saturated rings. The number of carbonyl (C=O) groups is 1. The predicted octanol–water partition coefficient (Wildman–Crippen LogP) is 5.80. The van der Waals surface area contributed by atoms with Gasteiger partial charge in [-0.3, -0.25) is 4.79 Å². The minimum Gasteiger partial charge on any atom is -0.493 e. The third kappa shape index (κ3) is 4.23. The van der Waals surface area contributed by atoms with Crippen molar-refractivity contribution in [3.05, 3.63) is 89.5 Å². The van der Waals surface area contributed by atoms with Crippen molar-refractivity contribution in [1.82, 2.24) is 0 Å². The molecule has 0 aliphatic carbocycles. The van der Waals surface area contributed by atoms with Crippen LogP contribution in [0.4, 0.5) is 0 Å². The first-order chi connectivity index (χ1) is 17.1. The maximum Gasteiger partial charge on any atom is 0.203 e. The van der Waals surface area contributed by atoms with E-state index >= 15 is 0 Å². The largest absolute Gasteiger partial charge is 0.493 e. The molecular weight excluding hydrogens is 444 g/mol. The van der Waals surface area contributed by atoms with Crippen LogP contribution in [0.5, 0.6) is 28.7 Å². The quantitative estimate of drug-likeness (QED) is 0.340. The van der Waals surface area contributed by atoms with Crippen molar-refractivity contribution in [2.24, 2.45) is 0 Å². The lowest BCUT2D eigenvalue weighted by Gasteiger charge is -2.27. The van der Waals surface area contributed by atoms with Crippen LogP contribution in [0, 0.1) is 0 Å². The van der Waals surface area contributed by atoms with E-state index in [0.717, 1.165) is 5.56 Å². The minimum atomic E-state index is -0.526. The van der Waals surface area contributed by atoms with Crippen molar-refractivity contribution >= 4 is 16.6 Å². The molecule has 1 aliphatic rings. The Morgan fingerprint density at radius 1 is 0.829 bits per heavy atom. The van der Waals surface area contributed by atoms with Gasteiger partial charge in [0.2, 0.25) is 5.75 Å². The molecule has 35 heavy (non-hydrogen) atoms. The van der Waals surface area contributed by atoms with Crippen molar-refractivity contribution in [2.75, 3.05) is 27.9 Å². The fourth-order valence-electron chi connectivity index (χ4n) is 4.48. The Hall–Kier alpha value is -4.19. The maximum absolute atomic E-state index is 13.4. The van der Waals surface area contributed by atoms with Crippen LogP contribution in [0.3, 0.4) is 0 Å². The summed E-state index contributed by atoms with van der Waals surface area (Å²) in [6, 6.07) is 23.4. The van der Waals surface area contributed by atoms with Crippen molar-refractivity contribution in [1.29, 1.82) is 0 Å². The van der Waals surface area contributed by atoms with E-state index < -0.39 is 5.92 Å². The van der Waals surface area contributed by atoms with Crippen molar-refractivity contribution in [2.45, 2.75) is 12.5 Å². The van der Waals surface area contributed by atoms with Crippen LogP contribution < -0.4 is 23.7 Å². The molecule has 178 valence electrons. The molecule has 5 rings (SSSR count). The first-order valence-corrected chi connectivity index (χ1v) is 11.3. The van der Waals surface area contributed by atoms with E-state index in [1.54, 1.807) is 38.5 Å². The molecule has 4 aromatic rings. The number of hydrogen-bond donors (Lipinski definition) is 0. The molecule has 6 heteroatoms. The van der Waals surface area contributed by atoms with Gasteiger partial charge in [0.15, 0.2) is 17.3 Å². The number of rotatable bonds is 7. The van der Waals surface area contributed by atoms with Gasteiger partial charge in [0.1, 0.15) is 24.7 Å². The zero-order valence-electron chi connectivity index (χ0n) is 19.9. The van der Waals surface area contributed by atoms with Crippen molar-refractivity contribution in [3.63, 3.8) is 0 Å². The summed E-state index contributed by atoms with van der Waals surface area (Å²) in [5, 5.41) is 2.36. The van der Waals surface area contributed by atoms with Crippen LogP contribution in [0.15, 0.2) is 72.8 Å². The van der Waals surface area contributed by atoms with E-state index in [2.05, 4.69) is 30.3 Å². The molecule has 0 saturated carbocycles. The van der Waals surface area contributed by atoms with Crippen LogP contribution in [-0.2, 0) is 6.61 Å². The van der Waals surface area contributed by atoms with E-state index in [1.165, 1.54) is 17.9 Å². The van der Waals surface area contributed by atoms with E-state index in [4.69, 9.17) is 23.7 Å². The number of hydrogen-bond acceptors (Lipinski definition) is 6. The molecular formula is C29H26O6. The highest BCUT2D eigenvalue weighted by molar-refractivity contribution is 6.04. The topological polar surface area (TPSA) is 63.2 Å². The third-order valence-corrected chi connectivity index (χ3v) is 6.27. The zero-order chi connectivity index (χ0) is 24.4. The highest BCUT2D eigenvalue weighted by Crippen LogP contribution is 2.45. The summed E-state index contributed by atoms with van der Waals surface area (Å²) in [5.41, 5.74) is 2.27. The molecule has 0 aromatic heterocycles. The molecule has 0 N–H and O–H groups in total. The summed E-state index contributed by atoms with van der Waals surface area (Å²) >= 11 is 0. The van der Waals surface area contributed by atoms with Crippen LogP contribution in [-0.4, -0.2) is 33.7 Å². The van der Waals surface area contributed by atoms with Crippen LogP contribution >= 0.6 is 0 Å². The standard InChI is InChI=1S/C29H26O6/c1-31-25-13-12-22(28(32-2)29(25)33-3)24-17-35-26-15-21(10-11-23(26)27(24)30)34-16-18-8-9-19-6-4-5-7-20(19)14-18/h4-15,24H,16-17H2,1-3H3/t24-/m1/s1. The molecule has 0 bridgehead atoms. The Balaban J connectivity index is 1.36. The summed E-state index contributed by atoms with van der Waals surface area (Å²) < 4.78 is 28.4. The summed E-state index contributed by atoms with van der Waals surface area (Å²) in [4.78, 5) is 13.4. The van der Waals surface area contributed by atoms with Gasteiger partial charge in [0, 0.05) is 11.6 Å². The molecule has 0 radical (unpaired) electrons. The fraction of sp³-hybridized carbons (Fsp3) is 0.207. The summed E-state index contributed by atoms with van der Waals surface area (Å²) in [5.74, 6) is 2.04. The lowest BCUT2D eigenvalue weighted by atomic mass is 9.88. The molecule has 1 aliphatic heterocycles. The smallest absolute Gasteiger partial charge is 0.203 e. The van der Waals surface area contributed by atoms with Crippen molar-refractivity contribution in [3.8, 4) is 28.7 Å². The highest BCUT2D eigenvalue weighted by atomic mass is 16.5. The second kappa shape index (κ2) is 9.58. The molecule has 6 nitrogen and oxygen atoms in total. The molecule has 4 aromatic carbocycles. The number of ketones is 1. The Kier molecular flexibility index (Phi) is 6.19. The molecule has 1 heterocycles. The predicted molar refractivity (Wildman–Crippen MR) is 133 cm³/mol. The number of carbonyl (C=O) groups excluding carboxylic acids is 1. The van der Waals surface area contributed by atoms with Gasteiger partial charge in [-0.05, 0) is 40.6 Å². The number of fused-ring (bicyclic) bond motifs is 2. The Labute approximate surface area is 204 Å². The lowest BCUT2D eigenvalue weighted by molar-refractivity contribution is 0.0893. The molecule has 0 amide bonds. The van der Waals surface area contributed by atoms with E-state index in [1.807, 2.05) is 18.2 Å². The fourth-order valence-corrected chi connectivity index (χ4v) is 4.48. The van der Waals surface area contributed by atoms with E-state index in [9.17, 15) is 4.79 Å². The van der Waals surface area contributed by atoms with E-state index in [-0.39, 0.29) is 12.4 Å². The van der Waals surface area contributed by atoms with Crippen LogP contribution in [0.1, 0.15) is 27.4 Å². The molecule has 1 atom stereocenters. The Morgan fingerprint density at radius 2 is 1.63 bits per heavy atom. The normalized spacial score (nSPS) is 14.7. The second-order valence-electron chi connectivity index (χ2n) is 8.28. The van der Waals surface area contributed by atoms with Crippen LogP contribution in [0.25, 0.3) is 10.8 Å². The highest BCUT2D eigenvalue weighted by Gasteiger charge is 2.34. The van der Waals surface area contributed by atoms with Gasteiger partial charge in [-0.25, -0.2) is 0 Å². The third-order valence-electron chi connectivity index (χ3n) is 6.27. The lowest BCUT2D eigenvalue weighted by Crippen LogP contribution is -2.26. The van der Waals surface area contributed by atoms with Gasteiger partial charge in [-0.15, -0.1) is 0 Å². The first-order valence-electron chi connectivity index (χ1n) is 11.3. The van der Waals surface area contributed by atoms with Gasteiger partial charge in [-0.2, -0.15) is 0 Å². The summed E-state index contributed by atoms with van der Waals surface area (Å²) in [7, 11) is 4.64. The minimum absolute atomic E-state index is 0.0437. The SMILES string of the molecule is COc1ccc([C@H]2COc3cc(OCc4ccc5ccccc5c4)ccc3C2=O)c(OC)c1OC. The number of Topliss-reactive ketones (excluding diaryl/α,β-unsaturated/α-hetero) is 1. The maximum atomic E-state index is 13.4. The average molecular weight is 471 g/mol. The number of methoxy groups -OCH3 is 3. The van der Waals surface area contributed by atoms with Gasteiger partial charge in [0.25, 0.3) is 0 Å². The summed E-state index contributed by atoms with van der Waals surface area (Å²) in [6.07, 6.45) is 0. The molecule has 0 spiro atoms. The average Bonchev–Trinajstić information content (AvgIpc) is 2.91. The van der Waals surface area contributed by atoms with Gasteiger partial charge in [0.05, 0.1) is 32.8 Å². The zero-order valence-corrected chi connectivity index (χ0v) is 19.9. The Morgan fingerprint density at radius 3 is 2.40 bits per heavy atom. The molecule has 0 unspecified atom stereocenters. The van der Waals surface area contributed by atoms with Gasteiger partial charge < -0.3 is 23.7 Å². The van der Waals surface area contributed by atoms with Gasteiger partial charge in [-0.1, -0.05) is 42.5 Å². The van der Waals surface area contributed by atoms with Gasteiger partial charge >= 0.3 is 0 Å². The number of ether oxygens (including phenoxy) is 5. The summed E-state index contributed by atoms with van der Waals surface area (Å²) in [6.45, 7) is 0.606. The monoisotopic (exact) mass is 470 g/mol. The number of benzene rings is 4. The van der Waals surface area contributed by atoms with Crippen LogP contribution in [0.2, 0.25) is 0 Å². The second-order valence-corrected chi connectivity index (χ2v) is 8.28. The van der Waals surface area contributed by atoms with E-state index in [0.29, 0.717) is 46.5 Å². The Bertz CT molecular complexity index is 1390.